The van der Waals surface area contributed by atoms with Crippen LogP contribution in [0.3, 0.4) is 0 Å². The molecule has 33 heavy (non-hydrogen) atoms. The van der Waals surface area contributed by atoms with E-state index in [0.29, 0.717) is 21.1 Å². The lowest BCUT2D eigenvalue weighted by molar-refractivity contribution is -0.119. The van der Waals surface area contributed by atoms with E-state index in [0.717, 1.165) is 30.5 Å². The van der Waals surface area contributed by atoms with Crippen LogP contribution in [-0.4, -0.2) is 40.3 Å². The fraction of sp³-hybridized carbons (Fsp3) is 0.320. The summed E-state index contributed by atoms with van der Waals surface area (Å²) >= 11 is 13.5. The molecule has 1 fully saturated rings. The molecule has 2 heterocycles. The predicted molar refractivity (Wildman–Crippen MR) is 136 cm³/mol. The molecule has 0 aliphatic carbocycles. The molecule has 1 aromatic heterocycles. The highest BCUT2D eigenvalue weighted by Crippen LogP contribution is 2.26. The van der Waals surface area contributed by atoms with E-state index in [1.807, 2.05) is 55.5 Å². The number of halogens is 2. The number of hydrogen-bond acceptors (Lipinski definition) is 5. The Morgan fingerprint density at radius 1 is 1.12 bits per heavy atom. The van der Waals surface area contributed by atoms with Crippen LogP contribution >= 0.6 is 35.0 Å². The van der Waals surface area contributed by atoms with Gasteiger partial charge in [0.15, 0.2) is 5.16 Å². The van der Waals surface area contributed by atoms with Gasteiger partial charge in [-0.2, -0.15) is 0 Å². The molecule has 3 aromatic rings. The molecule has 1 saturated heterocycles. The number of thioether (sulfide) groups is 1. The van der Waals surface area contributed by atoms with Gasteiger partial charge in [-0.3, -0.25) is 4.79 Å². The van der Waals surface area contributed by atoms with E-state index < -0.39 is 0 Å². The van der Waals surface area contributed by atoms with Gasteiger partial charge in [0.2, 0.25) is 5.91 Å². The summed E-state index contributed by atoms with van der Waals surface area (Å²) < 4.78 is 0. The third-order valence-electron chi connectivity index (χ3n) is 5.82. The highest BCUT2D eigenvalue weighted by atomic mass is 35.5. The van der Waals surface area contributed by atoms with Crippen molar-refractivity contribution in [3.8, 4) is 11.1 Å². The second-order valence-electron chi connectivity index (χ2n) is 8.33. The highest BCUT2D eigenvalue weighted by Gasteiger charge is 2.29. The molecular formula is C25H26Cl2N4OS. The molecule has 0 spiro atoms. The first kappa shape index (κ1) is 24.0. The highest BCUT2D eigenvalue weighted by molar-refractivity contribution is 7.99. The Balaban J connectivity index is 1.21. The molecule has 5 nitrogen and oxygen atoms in total. The van der Waals surface area contributed by atoms with Gasteiger partial charge >= 0.3 is 0 Å². The first-order chi connectivity index (χ1) is 16.0. The fourth-order valence-corrected chi connectivity index (χ4v) is 5.00. The van der Waals surface area contributed by atoms with Crippen LogP contribution in [0.25, 0.3) is 11.1 Å². The van der Waals surface area contributed by atoms with Crippen LogP contribution in [0, 0.1) is 5.92 Å². The van der Waals surface area contributed by atoms with Gasteiger partial charge in [0.1, 0.15) is 0 Å². The molecule has 1 aliphatic rings. The fourth-order valence-electron chi connectivity index (χ4n) is 4.08. The Labute approximate surface area is 208 Å². The maximum absolute atomic E-state index is 12.5. The largest absolute Gasteiger partial charge is 0.351 e. The summed E-state index contributed by atoms with van der Waals surface area (Å²) in [6.45, 7) is 2.97. The van der Waals surface area contributed by atoms with Crippen molar-refractivity contribution in [3.63, 3.8) is 0 Å². The topological polar surface area (TPSA) is 66.9 Å². The van der Waals surface area contributed by atoms with Crippen molar-refractivity contribution in [2.45, 2.75) is 37.0 Å². The van der Waals surface area contributed by atoms with Crippen molar-refractivity contribution < 1.29 is 4.79 Å². The minimum absolute atomic E-state index is 0.0158. The van der Waals surface area contributed by atoms with Crippen molar-refractivity contribution in [3.05, 3.63) is 76.5 Å². The molecular weight excluding hydrogens is 475 g/mol. The summed E-state index contributed by atoms with van der Waals surface area (Å²) in [5.74, 6) is 0.768. The lowest BCUT2D eigenvalue weighted by Crippen LogP contribution is -2.46. The lowest BCUT2D eigenvalue weighted by Gasteiger charge is -2.21. The Hall–Kier alpha value is -2.12. The SMILES string of the molecule is CC(NC(=O)CSc1ncc(-c2ccccc2)cn1)[C@H]1C[C@@H](Cc2ccc(Cl)c(Cl)c2)CN1. The average molecular weight is 501 g/mol. The Morgan fingerprint density at radius 3 is 2.61 bits per heavy atom. The minimum Gasteiger partial charge on any atom is -0.351 e. The number of nitrogens with zero attached hydrogens (tertiary/aromatic N) is 2. The molecule has 1 aliphatic heterocycles. The standard InChI is InChI=1S/C25H26Cl2N4OS/c1-16(23-11-18(12-28-23)9-17-7-8-21(26)22(27)10-17)31-24(32)15-33-25-29-13-20(14-30-25)19-5-3-2-4-6-19/h2-8,10,13-14,16,18,23,28H,9,11-12,15H2,1H3,(H,31,32)/t16?,18-,23-/m1/s1. The summed E-state index contributed by atoms with van der Waals surface area (Å²) in [5, 5.41) is 8.43. The molecule has 8 heteroatoms. The number of carbonyl (C=O) groups excluding carboxylic acids is 1. The third-order valence-corrected chi connectivity index (χ3v) is 7.44. The molecule has 4 rings (SSSR count). The van der Waals surface area contributed by atoms with E-state index in [1.165, 1.54) is 17.3 Å². The first-order valence-electron chi connectivity index (χ1n) is 10.9. The molecule has 3 atom stereocenters. The molecule has 0 saturated carbocycles. The normalized spacial score (nSPS) is 18.8. The zero-order chi connectivity index (χ0) is 23.2. The lowest BCUT2D eigenvalue weighted by atomic mass is 9.95. The van der Waals surface area contributed by atoms with Crippen LogP contribution < -0.4 is 10.6 Å². The summed E-state index contributed by atoms with van der Waals surface area (Å²) in [6, 6.07) is 16.1. The molecule has 2 N–H and O–H groups in total. The summed E-state index contributed by atoms with van der Waals surface area (Å²) in [6.07, 6.45) is 5.52. The van der Waals surface area contributed by atoms with E-state index in [2.05, 4.69) is 20.6 Å². The Morgan fingerprint density at radius 2 is 1.88 bits per heavy atom. The molecule has 1 unspecified atom stereocenters. The van der Waals surface area contributed by atoms with E-state index in [-0.39, 0.29) is 23.7 Å². The van der Waals surface area contributed by atoms with Gasteiger partial charge in [-0.1, -0.05) is 71.4 Å². The number of amides is 1. The predicted octanol–water partition coefficient (Wildman–Crippen LogP) is 5.27. The number of nitrogens with one attached hydrogen (secondary N) is 2. The maximum atomic E-state index is 12.5. The van der Waals surface area contributed by atoms with E-state index in [9.17, 15) is 4.79 Å². The van der Waals surface area contributed by atoms with Crippen LogP contribution in [0.2, 0.25) is 10.0 Å². The quantitative estimate of drug-likeness (QED) is 0.325. The average Bonchev–Trinajstić information content (AvgIpc) is 3.30. The Bertz CT molecular complexity index is 1080. The minimum atomic E-state index is -0.0158. The number of hydrogen-bond donors (Lipinski definition) is 2. The molecule has 0 radical (unpaired) electrons. The molecule has 0 bridgehead atoms. The van der Waals surface area contributed by atoms with Crippen LogP contribution in [0.1, 0.15) is 18.9 Å². The van der Waals surface area contributed by atoms with Gasteiger partial charge < -0.3 is 10.6 Å². The smallest absolute Gasteiger partial charge is 0.230 e. The number of benzene rings is 2. The van der Waals surface area contributed by atoms with Gasteiger partial charge in [0.25, 0.3) is 0 Å². The molecule has 172 valence electrons. The zero-order valence-electron chi connectivity index (χ0n) is 18.3. The van der Waals surface area contributed by atoms with Gasteiger partial charge in [0, 0.05) is 30.0 Å². The van der Waals surface area contributed by atoms with Crippen LogP contribution in [0.4, 0.5) is 0 Å². The van der Waals surface area contributed by atoms with E-state index in [1.54, 1.807) is 12.4 Å². The van der Waals surface area contributed by atoms with Gasteiger partial charge in [0.05, 0.1) is 15.8 Å². The molecule has 1 amide bonds. The second-order valence-corrected chi connectivity index (χ2v) is 10.1. The maximum Gasteiger partial charge on any atom is 0.230 e. The van der Waals surface area contributed by atoms with Crippen molar-refractivity contribution in [2.75, 3.05) is 12.3 Å². The van der Waals surface area contributed by atoms with Crippen LogP contribution in [0.15, 0.2) is 66.1 Å². The monoisotopic (exact) mass is 500 g/mol. The van der Waals surface area contributed by atoms with Crippen molar-refractivity contribution >= 4 is 40.9 Å². The summed E-state index contributed by atoms with van der Waals surface area (Å²) in [5.41, 5.74) is 3.21. The van der Waals surface area contributed by atoms with E-state index >= 15 is 0 Å². The second kappa shape index (κ2) is 11.3. The van der Waals surface area contributed by atoms with Crippen molar-refractivity contribution in [1.29, 1.82) is 0 Å². The number of carbonyl (C=O) groups is 1. The summed E-state index contributed by atoms with van der Waals surface area (Å²) in [7, 11) is 0. The van der Waals surface area contributed by atoms with Crippen LogP contribution in [0.5, 0.6) is 0 Å². The zero-order valence-corrected chi connectivity index (χ0v) is 20.6. The number of rotatable bonds is 8. The van der Waals surface area contributed by atoms with Gasteiger partial charge in [-0.15, -0.1) is 0 Å². The summed E-state index contributed by atoms with van der Waals surface area (Å²) in [4.78, 5) is 21.2. The van der Waals surface area contributed by atoms with Gasteiger partial charge in [-0.25, -0.2) is 9.97 Å². The third kappa shape index (κ3) is 6.70. The Kier molecular flexibility index (Phi) is 8.25. The van der Waals surface area contributed by atoms with Crippen molar-refractivity contribution in [1.82, 2.24) is 20.6 Å². The first-order valence-corrected chi connectivity index (χ1v) is 12.7. The van der Waals surface area contributed by atoms with E-state index in [4.69, 9.17) is 23.2 Å². The number of aromatic nitrogens is 2. The molecule has 2 aromatic carbocycles. The van der Waals surface area contributed by atoms with Crippen LogP contribution in [-0.2, 0) is 11.2 Å². The van der Waals surface area contributed by atoms with Crippen molar-refractivity contribution in [2.24, 2.45) is 5.92 Å². The van der Waals surface area contributed by atoms with Gasteiger partial charge in [-0.05, 0) is 55.5 Å².